The van der Waals surface area contributed by atoms with Crippen molar-refractivity contribution in [3.8, 4) is 5.75 Å². The van der Waals surface area contributed by atoms with Gasteiger partial charge in [-0.25, -0.2) is 9.48 Å². The van der Waals surface area contributed by atoms with Gasteiger partial charge < -0.3 is 14.8 Å². The molecule has 0 bridgehead atoms. The standard InChI is InChI=1S/C27H29N5O4/c1-27(2,3)20-9-11-22(12-10-20)36-18-31-14-13-24(30-31)25(33)29-21-15-28-32(17-21)16-19-7-5-6-8-23(19)26(34)35-4/h5-15,17H,16,18H2,1-4H3,(H,29,33). The van der Waals surface area contributed by atoms with E-state index in [1.165, 1.54) is 12.7 Å². The lowest BCUT2D eigenvalue weighted by Gasteiger charge is -2.19. The van der Waals surface area contributed by atoms with Crippen LogP contribution in [0.3, 0.4) is 0 Å². The monoisotopic (exact) mass is 487 g/mol. The Hall–Kier alpha value is -4.40. The minimum atomic E-state index is -0.409. The second kappa shape index (κ2) is 10.5. The molecule has 0 aliphatic carbocycles. The van der Waals surface area contributed by atoms with Crippen LogP contribution in [0.4, 0.5) is 5.69 Å². The largest absolute Gasteiger partial charge is 0.471 e. The molecule has 2 heterocycles. The highest BCUT2D eigenvalue weighted by molar-refractivity contribution is 6.02. The second-order valence-corrected chi connectivity index (χ2v) is 9.32. The van der Waals surface area contributed by atoms with E-state index < -0.39 is 5.97 Å². The van der Waals surface area contributed by atoms with Gasteiger partial charge in [0, 0.05) is 12.4 Å². The van der Waals surface area contributed by atoms with Crippen LogP contribution in [0.2, 0.25) is 0 Å². The van der Waals surface area contributed by atoms with Gasteiger partial charge in [-0.05, 0) is 40.8 Å². The molecule has 9 nitrogen and oxygen atoms in total. The molecule has 1 amide bonds. The number of anilines is 1. The zero-order valence-corrected chi connectivity index (χ0v) is 20.8. The van der Waals surface area contributed by atoms with E-state index in [0.29, 0.717) is 17.8 Å². The van der Waals surface area contributed by atoms with Crippen LogP contribution in [-0.4, -0.2) is 38.5 Å². The predicted octanol–water partition coefficient (Wildman–Crippen LogP) is 4.50. The maximum absolute atomic E-state index is 12.7. The van der Waals surface area contributed by atoms with Crippen molar-refractivity contribution >= 4 is 17.6 Å². The zero-order chi connectivity index (χ0) is 25.7. The highest BCUT2D eigenvalue weighted by Crippen LogP contribution is 2.24. The van der Waals surface area contributed by atoms with E-state index in [0.717, 1.165) is 11.3 Å². The Kier molecular flexibility index (Phi) is 7.19. The van der Waals surface area contributed by atoms with Crippen LogP contribution in [-0.2, 0) is 23.4 Å². The van der Waals surface area contributed by atoms with E-state index in [4.69, 9.17) is 9.47 Å². The van der Waals surface area contributed by atoms with Crippen LogP contribution < -0.4 is 10.1 Å². The number of aromatic nitrogens is 4. The SMILES string of the molecule is COC(=O)c1ccccc1Cn1cc(NC(=O)c2ccn(COc3ccc(C(C)(C)C)cc3)n2)cn1. The third-order valence-corrected chi connectivity index (χ3v) is 5.60. The van der Waals surface area contributed by atoms with Crippen LogP contribution in [0, 0.1) is 0 Å². The normalized spacial score (nSPS) is 11.2. The average molecular weight is 488 g/mol. The Morgan fingerprint density at radius 2 is 1.75 bits per heavy atom. The maximum atomic E-state index is 12.7. The lowest BCUT2D eigenvalue weighted by atomic mass is 9.87. The van der Waals surface area contributed by atoms with Crippen molar-refractivity contribution < 1.29 is 19.1 Å². The summed E-state index contributed by atoms with van der Waals surface area (Å²) >= 11 is 0. The molecular formula is C27H29N5O4. The molecule has 2 aromatic carbocycles. The quantitative estimate of drug-likeness (QED) is 0.367. The molecule has 1 N–H and O–H groups in total. The average Bonchev–Trinajstić information content (AvgIpc) is 3.52. The van der Waals surface area contributed by atoms with E-state index in [2.05, 4.69) is 36.3 Å². The number of hydrogen-bond donors (Lipinski definition) is 1. The van der Waals surface area contributed by atoms with Gasteiger partial charge in [0.05, 0.1) is 31.1 Å². The van der Waals surface area contributed by atoms with Gasteiger partial charge in [0.1, 0.15) is 5.75 Å². The highest BCUT2D eigenvalue weighted by Gasteiger charge is 2.15. The number of rotatable bonds is 8. The Bertz CT molecular complexity index is 1350. The van der Waals surface area contributed by atoms with E-state index >= 15 is 0 Å². The molecule has 9 heteroatoms. The summed E-state index contributed by atoms with van der Waals surface area (Å²) < 4.78 is 13.8. The molecule has 4 aromatic rings. The predicted molar refractivity (Wildman–Crippen MR) is 135 cm³/mol. The molecule has 0 saturated carbocycles. The van der Waals surface area contributed by atoms with Gasteiger partial charge in [0.25, 0.3) is 5.91 Å². The number of nitrogens with zero attached hydrogens (tertiary/aromatic N) is 4. The number of nitrogens with one attached hydrogen (secondary N) is 1. The highest BCUT2D eigenvalue weighted by atomic mass is 16.5. The number of hydrogen-bond acceptors (Lipinski definition) is 6. The molecular weight excluding hydrogens is 458 g/mol. The van der Waals surface area contributed by atoms with Crippen molar-refractivity contribution in [2.75, 3.05) is 12.4 Å². The van der Waals surface area contributed by atoms with Crippen LogP contribution in [0.5, 0.6) is 5.75 Å². The van der Waals surface area contributed by atoms with Gasteiger partial charge in [-0.3, -0.25) is 9.48 Å². The number of amides is 1. The Morgan fingerprint density at radius 3 is 2.47 bits per heavy atom. The molecule has 0 saturated heterocycles. The van der Waals surface area contributed by atoms with Crippen LogP contribution >= 0.6 is 0 Å². The lowest BCUT2D eigenvalue weighted by molar-refractivity contribution is 0.0599. The molecule has 0 spiro atoms. The summed E-state index contributed by atoms with van der Waals surface area (Å²) in [5, 5.41) is 11.4. The fraction of sp³-hybridized carbons (Fsp3) is 0.259. The van der Waals surface area contributed by atoms with E-state index in [-0.39, 0.29) is 23.7 Å². The van der Waals surface area contributed by atoms with Crippen molar-refractivity contribution in [2.24, 2.45) is 0 Å². The second-order valence-electron chi connectivity index (χ2n) is 9.32. The smallest absolute Gasteiger partial charge is 0.338 e. The summed E-state index contributed by atoms with van der Waals surface area (Å²) in [6.45, 7) is 7.01. The van der Waals surface area contributed by atoms with Crippen molar-refractivity contribution in [3.05, 3.63) is 95.6 Å². The molecule has 0 aliphatic heterocycles. The molecule has 2 aromatic heterocycles. The molecule has 0 aliphatic rings. The van der Waals surface area contributed by atoms with E-state index in [9.17, 15) is 9.59 Å². The minimum absolute atomic E-state index is 0.0762. The molecule has 0 fully saturated rings. The first-order valence-electron chi connectivity index (χ1n) is 11.5. The van der Waals surface area contributed by atoms with Gasteiger partial charge in [0.2, 0.25) is 0 Å². The van der Waals surface area contributed by atoms with Crippen LogP contribution in [0.15, 0.2) is 73.2 Å². The molecule has 36 heavy (non-hydrogen) atoms. The van der Waals surface area contributed by atoms with Crippen molar-refractivity contribution in [2.45, 2.75) is 39.5 Å². The van der Waals surface area contributed by atoms with Gasteiger partial charge in [-0.2, -0.15) is 10.2 Å². The Morgan fingerprint density at radius 1 is 1.00 bits per heavy atom. The number of methoxy groups -OCH3 is 1. The first-order chi connectivity index (χ1) is 17.2. The first kappa shape index (κ1) is 24.7. The van der Waals surface area contributed by atoms with E-state index in [1.54, 1.807) is 46.2 Å². The number of carbonyl (C=O) groups excluding carboxylic acids is 2. The van der Waals surface area contributed by atoms with Crippen LogP contribution in [0.1, 0.15) is 52.7 Å². The van der Waals surface area contributed by atoms with Crippen LogP contribution in [0.25, 0.3) is 0 Å². The molecule has 0 unspecified atom stereocenters. The number of benzene rings is 2. The van der Waals surface area contributed by atoms with Gasteiger partial charge >= 0.3 is 5.97 Å². The number of esters is 1. The minimum Gasteiger partial charge on any atom is -0.471 e. The fourth-order valence-electron chi connectivity index (χ4n) is 3.60. The van der Waals surface area contributed by atoms with Crippen molar-refractivity contribution in [1.29, 1.82) is 0 Å². The van der Waals surface area contributed by atoms with E-state index in [1.807, 2.05) is 36.4 Å². The van der Waals surface area contributed by atoms with Crippen molar-refractivity contribution in [1.82, 2.24) is 19.6 Å². The topological polar surface area (TPSA) is 100 Å². The van der Waals surface area contributed by atoms with Gasteiger partial charge in [-0.15, -0.1) is 0 Å². The maximum Gasteiger partial charge on any atom is 0.338 e. The lowest BCUT2D eigenvalue weighted by Crippen LogP contribution is -2.14. The summed E-state index contributed by atoms with van der Waals surface area (Å²) in [5.41, 5.74) is 3.30. The third-order valence-electron chi connectivity index (χ3n) is 5.60. The zero-order valence-electron chi connectivity index (χ0n) is 20.8. The molecule has 0 radical (unpaired) electrons. The summed E-state index contributed by atoms with van der Waals surface area (Å²) in [4.78, 5) is 24.6. The summed E-state index contributed by atoms with van der Waals surface area (Å²) in [6.07, 6.45) is 4.92. The fourth-order valence-corrected chi connectivity index (χ4v) is 3.60. The van der Waals surface area contributed by atoms with Gasteiger partial charge in [0.15, 0.2) is 12.4 Å². The molecule has 0 atom stereocenters. The van der Waals surface area contributed by atoms with Gasteiger partial charge in [-0.1, -0.05) is 51.1 Å². The third kappa shape index (κ3) is 5.99. The molecule has 4 rings (SSSR count). The number of ether oxygens (including phenoxy) is 2. The summed E-state index contributed by atoms with van der Waals surface area (Å²) in [5.74, 6) is -0.0451. The Balaban J connectivity index is 1.33. The van der Waals surface area contributed by atoms with Crippen molar-refractivity contribution in [3.63, 3.8) is 0 Å². The first-order valence-corrected chi connectivity index (χ1v) is 11.5. The summed E-state index contributed by atoms with van der Waals surface area (Å²) in [6, 6.07) is 16.7. The summed E-state index contributed by atoms with van der Waals surface area (Å²) in [7, 11) is 1.35. The molecule has 186 valence electrons. The Labute approximate surface area is 209 Å². The number of carbonyl (C=O) groups is 2.